The van der Waals surface area contributed by atoms with Crippen LogP contribution in [0.5, 0.6) is 5.75 Å². The summed E-state index contributed by atoms with van der Waals surface area (Å²) in [5, 5.41) is 9.53. The van der Waals surface area contributed by atoms with Gasteiger partial charge in [-0.1, -0.05) is 17.9 Å². The van der Waals surface area contributed by atoms with Gasteiger partial charge in [0.05, 0.1) is 7.85 Å². The van der Waals surface area contributed by atoms with Gasteiger partial charge in [0.2, 0.25) is 0 Å². The van der Waals surface area contributed by atoms with Crippen LogP contribution in [0.1, 0.15) is 15.9 Å². The number of rotatable bonds is 5. The highest BCUT2D eigenvalue weighted by Crippen LogP contribution is 2.19. The third-order valence-corrected chi connectivity index (χ3v) is 2.77. The number of phenolic OH excluding ortho intramolecular Hbond substituents is 1. The molecule has 2 radical (unpaired) electrons. The van der Waals surface area contributed by atoms with Gasteiger partial charge < -0.3 is 9.84 Å². The molecule has 0 atom stereocenters. The van der Waals surface area contributed by atoms with E-state index in [1.54, 1.807) is 6.07 Å². The van der Waals surface area contributed by atoms with Crippen molar-refractivity contribution in [1.82, 2.24) is 0 Å². The summed E-state index contributed by atoms with van der Waals surface area (Å²) < 4.78 is 33.8. The molecule has 6 nitrogen and oxygen atoms in total. The van der Waals surface area contributed by atoms with Crippen molar-refractivity contribution in [3.05, 3.63) is 29.3 Å². The van der Waals surface area contributed by atoms with Gasteiger partial charge >= 0.3 is 5.97 Å². The highest BCUT2D eigenvalue weighted by atomic mass is 32.2. The second-order valence-corrected chi connectivity index (χ2v) is 5.05. The second-order valence-electron chi connectivity index (χ2n) is 3.48. The van der Waals surface area contributed by atoms with Gasteiger partial charge in [0.1, 0.15) is 23.7 Å². The number of benzene rings is 1. The summed E-state index contributed by atoms with van der Waals surface area (Å²) in [6.07, 6.45) is 0.214. The Morgan fingerprint density at radius 1 is 1.39 bits per heavy atom. The fourth-order valence-electron chi connectivity index (χ4n) is 1.19. The Bertz CT molecular complexity index is 539. The van der Waals surface area contributed by atoms with Gasteiger partial charge in [-0.25, -0.2) is 4.79 Å². The van der Waals surface area contributed by atoms with Gasteiger partial charge in [0.15, 0.2) is 0 Å². The third kappa shape index (κ3) is 4.38. The Balaban J connectivity index is 2.67. The van der Waals surface area contributed by atoms with Crippen molar-refractivity contribution in [2.45, 2.75) is 6.32 Å². The molecule has 0 aliphatic heterocycles. The average molecular weight is 270 g/mol. The summed E-state index contributed by atoms with van der Waals surface area (Å²) in [7, 11) is 1.17. The standard InChI is InChI=1S/C10H11BO6S/c11-6-7-1-2-8(9(12)5-7)10(13)17-3-4-18(14,15)16/h1-2,5,12H,3-4,6H2,(H,14,15,16). The lowest BCUT2D eigenvalue weighted by atomic mass is 9.96. The van der Waals surface area contributed by atoms with Gasteiger partial charge in [0.25, 0.3) is 10.1 Å². The monoisotopic (exact) mass is 270 g/mol. The first-order valence-electron chi connectivity index (χ1n) is 4.97. The van der Waals surface area contributed by atoms with Gasteiger partial charge in [0, 0.05) is 0 Å². The lowest BCUT2D eigenvalue weighted by Crippen LogP contribution is -2.14. The molecule has 0 aromatic heterocycles. The number of aromatic hydroxyl groups is 1. The molecule has 1 aromatic carbocycles. The van der Waals surface area contributed by atoms with Crippen LogP contribution < -0.4 is 0 Å². The van der Waals surface area contributed by atoms with E-state index in [9.17, 15) is 18.3 Å². The predicted octanol–water partition coefficient (Wildman–Crippen LogP) is 0.105. The first-order valence-corrected chi connectivity index (χ1v) is 6.58. The molecule has 0 aliphatic carbocycles. The number of phenols is 1. The van der Waals surface area contributed by atoms with E-state index in [4.69, 9.17) is 12.4 Å². The first kappa shape index (κ1) is 14.5. The molecular weight excluding hydrogens is 259 g/mol. The number of hydrogen-bond acceptors (Lipinski definition) is 5. The van der Waals surface area contributed by atoms with Crippen LogP contribution in [0.25, 0.3) is 0 Å². The molecular formula is C10H11BO6S. The van der Waals surface area contributed by atoms with Crippen molar-refractivity contribution >= 4 is 23.9 Å². The molecule has 96 valence electrons. The molecule has 0 heterocycles. The maximum atomic E-state index is 11.5. The molecule has 0 amide bonds. The minimum Gasteiger partial charge on any atom is -0.507 e. The second kappa shape index (κ2) is 5.88. The zero-order chi connectivity index (χ0) is 13.8. The largest absolute Gasteiger partial charge is 0.507 e. The smallest absolute Gasteiger partial charge is 0.341 e. The maximum Gasteiger partial charge on any atom is 0.341 e. The van der Waals surface area contributed by atoms with Crippen LogP contribution in [0, 0.1) is 0 Å². The lowest BCUT2D eigenvalue weighted by molar-refractivity contribution is 0.0525. The molecule has 0 fully saturated rings. The van der Waals surface area contributed by atoms with Crippen LogP contribution in [0.4, 0.5) is 0 Å². The van der Waals surface area contributed by atoms with Crippen molar-refractivity contribution in [3.63, 3.8) is 0 Å². The molecule has 0 aliphatic rings. The van der Waals surface area contributed by atoms with Gasteiger partial charge in [-0.15, -0.1) is 0 Å². The van der Waals surface area contributed by atoms with Crippen LogP contribution in [0.2, 0.25) is 0 Å². The van der Waals surface area contributed by atoms with E-state index in [1.165, 1.54) is 12.1 Å². The molecule has 1 rings (SSSR count). The van der Waals surface area contributed by atoms with E-state index in [0.29, 0.717) is 5.56 Å². The summed E-state index contributed by atoms with van der Waals surface area (Å²) in [5.41, 5.74) is 0.546. The van der Waals surface area contributed by atoms with Crippen molar-refractivity contribution in [2.75, 3.05) is 12.4 Å². The predicted molar refractivity (Wildman–Crippen MR) is 64.3 cm³/mol. The zero-order valence-corrected chi connectivity index (χ0v) is 10.2. The summed E-state index contributed by atoms with van der Waals surface area (Å²) in [4.78, 5) is 11.5. The lowest BCUT2D eigenvalue weighted by Gasteiger charge is -2.06. The van der Waals surface area contributed by atoms with Crippen LogP contribution in [-0.4, -0.2) is 44.3 Å². The van der Waals surface area contributed by atoms with E-state index in [2.05, 4.69) is 4.74 Å². The minimum absolute atomic E-state index is 0.0949. The fraction of sp³-hybridized carbons (Fsp3) is 0.300. The van der Waals surface area contributed by atoms with E-state index in [-0.39, 0.29) is 17.6 Å². The van der Waals surface area contributed by atoms with Crippen molar-refractivity contribution in [1.29, 1.82) is 0 Å². The number of hydrogen-bond donors (Lipinski definition) is 2. The summed E-state index contributed by atoms with van der Waals surface area (Å²) in [5.74, 6) is -1.87. The van der Waals surface area contributed by atoms with Crippen molar-refractivity contribution < 1.29 is 27.6 Å². The Morgan fingerprint density at radius 3 is 2.56 bits per heavy atom. The minimum atomic E-state index is -4.18. The molecule has 2 N–H and O–H groups in total. The van der Waals surface area contributed by atoms with E-state index in [0.717, 1.165) is 0 Å². The Hall–Kier alpha value is -1.54. The third-order valence-electron chi connectivity index (χ3n) is 2.09. The van der Waals surface area contributed by atoms with Gasteiger partial charge in [-0.3, -0.25) is 4.55 Å². The average Bonchev–Trinajstić information content (AvgIpc) is 2.26. The Morgan fingerprint density at radius 2 is 2.06 bits per heavy atom. The van der Waals surface area contributed by atoms with Gasteiger partial charge in [-0.2, -0.15) is 8.42 Å². The maximum absolute atomic E-state index is 11.5. The normalized spacial score (nSPS) is 11.2. The molecule has 1 aromatic rings. The quantitative estimate of drug-likeness (QED) is 0.447. The molecule has 0 bridgehead atoms. The zero-order valence-electron chi connectivity index (χ0n) is 9.37. The number of ether oxygens (including phenoxy) is 1. The molecule has 0 unspecified atom stereocenters. The van der Waals surface area contributed by atoms with E-state index < -0.39 is 28.4 Å². The molecule has 0 spiro atoms. The van der Waals surface area contributed by atoms with Gasteiger partial charge in [-0.05, 0) is 12.1 Å². The fourth-order valence-corrected chi connectivity index (χ4v) is 1.49. The van der Waals surface area contributed by atoms with Crippen LogP contribution in [0.15, 0.2) is 18.2 Å². The summed E-state index contributed by atoms with van der Waals surface area (Å²) in [6.45, 7) is -0.490. The van der Waals surface area contributed by atoms with Crippen LogP contribution in [-0.2, 0) is 21.2 Å². The Labute approximate surface area is 106 Å². The molecule has 18 heavy (non-hydrogen) atoms. The first-order chi connectivity index (χ1) is 8.33. The van der Waals surface area contributed by atoms with Crippen molar-refractivity contribution in [2.24, 2.45) is 0 Å². The summed E-state index contributed by atoms with van der Waals surface area (Å²) >= 11 is 0. The highest BCUT2D eigenvalue weighted by molar-refractivity contribution is 7.85. The van der Waals surface area contributed by atoms with Crippen LogP contribution in [0.3, 0.4) is 0 Å². The van der Waals surface area contributed by atoms with E-state index in [1.807, 2.05) is 0 Å². The summed E-state index contributed by atoms with van der Waals surface area (Å²) in [6, 6.07) is 4.19. The van der Waals surface area contributed by atoms with E-state index >= 15 is 0 Å². The Kier molecular flexibility index (Phi) is 4.74. The molecule has 0 saturated carbocycles. The number of carbonyl (C=O) groups is 1. The number of carbonyl (C=O) groups excluding carboxylic acids is 1. The van der Waals surface area contributed by atoms with Crippen LogP contribution >= 0.6 is 0 Å². The molecule has 0 saturated heterocycles. The number of esters is 1. The van der Waals surface area contributed by atoms with Crippen molar-refractivity contribution in [3.8, 4) is 5.75 Å². The topological polar surface area (TPSA) is 101 Å². The highest BCUT2D eigenvalue weighted by Gasteiger charge is 2.14. The molecule has 8 heteroatoms. The SMILES string of the molecule is [B]Cc1ccc(C(=O)OCCS(=O)(=O)O)c(O)c1.